The van der Waals surface area contributed by atoms with Crippen molar-refractivity contribution in [3.63, 3.8) is 0 Å². The average molecular weight is 655 g/mol. The van der Waals surface area contributed by atoms with Gasteiger partial charge in [-0.25, -0.2) is 4.57 Å². The van der Waals surface area contributed by atoms with E-state index in [-0.39, 0.29) is 89.1 Å². The van der Waals surface area contributed by atoms with E-state index in [9.17, 15) is 14.2 Å². The van der Waals surface area contributed by atoms with Crippen LogP contribution in [0.2, 0.25) is 0 Å². The van der Waals surface area contributed by atoms with E-state index in [0.29, 0.717) is 13.0 Å². The molecule has 1 saturated heterocycles. The number of phosphoric ester groups is 1. The summed E-state index contributed by atoms with van der Waals surface area (Å²) in [6.45, 7) is 8.18. The van der Waals surface area contributed by atoms with E-state index in [1.54, 1.807) is 7.05 Å². The smallest absolute Gasteiger partial charge is 0.354 e. The molecule has 13 heteroatoms. The Morgan fingerprint density at radius 3 is 2.29 bits per heavy atom. The van der Waals surface area contributed by atoms with Crippen molar-refractivity contribution in [3.8, 4) is 0 Å². The van der Waals surface area contributed by atoms with Crippen molar-refractivity contribution in [2.24, 2.45) is 11.8 Å². The van der Waals surface area contributed by atoms with Crippen LogP contribution in [0.5, 0.6) is 0 Å². The zero-order valence-corrected chi connectivity index (χ0v) is 27.8. The fourth-order valence-corrected chi connectivity index (χ4v) is 4.24. The van der Waals surface area contributed by atoms with E-state index in [0.717, 1.165) is 19.4 Å². The molecule has 4 atom stereocenters. The molecule has 2 radical (unpaired) electrons. The molecule has 3 N–H and O–H groups in total. The Morgan fingerprint density at radius 2 is 1.76 bits per heavy atom. The van der Waals surface area contributed by atoms with Crippen molar-refractivity contribution >= 4 is 19.6 Å². The molecule has 0 aliphatic carbocycles. The molecule has 192 valence electrons. The molecular formula is C21H40N3O7PY2. The van der Waals surface area contributed by atoms with Crippen LogP contribution in [0.4, 0.5) is 0 Å². The van der Waals surface area contributed by atoms with Crippen LogP contribution < -0.4 is 5.32 Å². The number of nitrogens with zero attached hydrogens (tertiary/aromatic N) is 2. The number of likely N-dealkylation sites (N-methyl/N-ethyl adjacent to an activating group) is 2. The van der Waals surface area contributed by atoms with Crippen LogP contribution in [0.3, 0.4) is 0 Å². The molecule has 0 aromatic heterocycles. The van der Waals surface area contributed by atoms with E-state index in [4.69, 9.17) is 14.5 Å². The van der Waals surface area contributed by atoms with Gasteiger partial charge >= 0.3 is 7.82 Å². The third-order valence-electron chi connectivity index (χ3n) is 5.73. The maximum Gasteiger partial charge on any atom is 0.471 e. The monoisotopic (exact) mass is 655 g/mol. The van der Waals surface area contributed by atoms with Crippen molar-refractivity contribution in [1.29, 1.82) is 0 Å². The van der Waals surface area contributed by atoms with Gasteiger partial charge in [0, 0.05) is 79.0 Å². The Balaban J connectivity index is 0. The fourth-order valence-electron chi connectivity index (χ4n) is 4.04. The Labute approximate surface area is 254 Å². The number of hydrogen-bond donors (Lipinski definition) is 3. The van der Waals surface area contributed by atoms with Crippen molar-refractivity contribution < 1.29 is 98.6 Å². The number of nitrogens with one attached hydrogen (secondary N) is 1. The minimum absolute atomic E-state index is 0. The molecule has 2 amide bonds. The first-order valence-corrected chi connectivity index (χ1v) is 12.6. The summed E-state index contributed by atoms with van der Waals surface area (Å²) in [5.74, 6) is -0.774. The quantitative estimate of drug-likeness (QED) is 0.195. The van der Waals surface area contributed by atoms with Crippen molar-refractivity contribution in [2.45, 2.75) is 65.1 Å². The average Bonchev–Trinajstić information content (AvgIpc) is 2.70. The molecule has 1 aliphatic rings. The summed E-state index contributed by atoms with van der Waals surface area (Å²) < 4.78 is 21.3. The molecule has 1 heterocycles. The zero-order valence-electron chi connectivity index (χ0n) is 21.2. The number of amides is 2. The van der Waals surface area contributed by atoms with Gasteiger partial charge in [0.1, 0.15) is 6.04 Å². The Hall–Kier alpha value is 0.918. The number of rotatable bonds is 9. The van der Waals surface area contributed by atoms with Crippen LogP contribution in [-0.4, -0.2) is 83.6 Å². The van der Waals surface area contributed by atoms with E-state index in [1.807, 2.05) is 51.8 Å². The first-order valence-electron chi connectivity index (χ1n) is 11.1. The molecule has 10 nitrogen and oxygen atoms in total. The van der Waals surface area contributed by atoms with Crippen LogP contribution in [0.15, 0.2) is 12.2 Å². The topological polar surface area (TPSA) is 129 Å². The molecular weight excluding hydrogens is 615 g/mol. The molecule has 0 aromatic carbocycles. The third-order valence-corrected chi connectivity index (χ3v) is 6.17. The van der Waals surface area contributed by atoms with Gasteiger partial charge < -0.3 is 24.7 Å². The van der Waals surface area contributed by atoms with Gasteiger partial charge in [0.15, 0.2) is 6.79 Å². The molecule has 34 heavy (non-hydrogen) atoms. The minimum Gasteiger partial charge on any atom is -0.354 e. The largest absolute Gasteiger partial charge is 0.471 e. The maximum absolute atomic E-state index is 13.5. The molecule has 0 spiro atoms. The van der Waals surface area contributed by atoms with Gasteiger partial charge in [-0.2, -0.15) is 0 Å². The zero-order chi connectivity index (χ0) is 24.5. The summed E-state index contributed by atoms with van der Waals surface area (Å²) in [5, 5.41) is 2.89. The van der Waals surface area contributed by atoms with Crippen LogP contribution in [0.25, 0.3) is 0 Å². The summed E-state index contributed by atoms with van der Waals surface area (Å²) in [7, 11) is -1.26. The van der Waals surface area contributed by atoms with Crippen LogP contribution >= 0.6 is 7.82 Å². The number of carbonyl (C=O) groups excluding carboxylic acids is 2. The number of phosphoric acid groups is 1. The maximum atomic E-state index is 13.5. The second kappa shape index (κ2) is 18.2. The van der Waals surface area contributed by atoms with Gasteiger partial charge in [-0.05, 0) is 51.6 Å². The van der Waals surface area contributed by atoms with E-state index in [2.05, 4.69) is 9.84 Å². The van der Waals surface area contributed by atoms with Gasteiger partial charge in [-0.3, -0.25) is 19.0 Å². The van der Waals surface area contributed by atoms with Crippen LogP contribution in [0.1, 0.15) is 47.0 Å². The SMILES string of the molecule is C/C=C/CC(C)C(OCOP(=O)(O)O)C1C(=O)NCCCCN(C)C(C(C)C)C(=O)N1C.[Y].[Y]. The molecule has 0 aromatic rings. The number of allylic oxidation sites excluding steroid dienone is 2. The minimum atomic E-state index is -4.75. The van der Waals surface area contributed by atoms with Gasteiger partial charge in [0.2, 0.25) is 11.8 Å². The van der Waals surface area contributed by atoms with Crippen molar-refractivity contribution in [3.05, 3.63) is 12.2 Å². The first kappa shape index (κ1) is 37.1. The fraction of sp³-hybridized carbons (Fsp3) is 0.810. The summed E-state index contributed by atoms with van der Waals surface area (Å²) in [6.07, 6.45) is 5.11. The summed E-state index contributed by atoms with van der Waals surface area (Å²) >= 11 is 0. The first-order chi connectivity index (χ1) is 14.9. The Kier molecular flexibility index (Phi) is 19.9. The predicted octanol–water partition coefficient (Wildman–Crippen LogP) is 1.73. The van der Waals surface area contributed by atoms with Crippen molar-refractivity contribution in [2.75, 3.05) is 34.0 Å². The van der Waals surface area contributed by atoms with E-state index in [1.165, 1.54) is 4.90 Å². The molecule has 1 aliphatic heterocycles. The van der Waals surface area contributed by atoms with Gasteiger partial charge in [0.25, 0.3) is 0 Å². The molecule has 1 rings (SSSR count). The molecule has 0 saturated carbocycles. The van der Waals surface area contributed by atoms with E-state index < -0.39 is 32.8 Å². The third kappa shape index (κ3) is 12.4. The van der Waals surface area contributed by atoms with Gasteiger partial charge in [-0.1, -0.05) is 32.9 Å². The van der Waals surface area contributed by atoms with Gasteiger partial charge in [-0.15, -0.1) is 0 Å². The van der Waals surface area contributed by atoms with Crippen LogP contribution in [0, 0.1) is 11.8 Å². The second-order valence-corrected chi connectivity index (χ2v) is 9.95. The molecule has 0 bridgehead atoms. The summed E-state index contributed by atoms with van der Waals surface area (Å²) in [5.41, 5.74) is 0. The molecule has 4 unspecified atom stereocenters. The standard InChI is InChI=1S/C21H40N3O7P.2Y/c1-7-8-11-16(4)19(30-14-31-32(27,28)29)18-20(25)22-12-9-10-13-23(5)17(15(2)3)21(26)24(18)6;;/h7-8,15-19H,9-14H2,1-6H3,(H,22,25)(H2,27,28,29);;/b8-7+;;. The number of hydrogen-bond acceptors (Lipinski definition) is 6. The van der Waals surface area contributed by atoms with Gasteiger partial charge in [0.05, 0.1) is 12.1 Å². The number of carbonyl (C=O) groups is 2. The second-order valence-electron chi connectivity index (χ2n) is 8.71. The normalized spacial score (nSPS) is 23.0. The Morgan fingerprint density at radius 1 is 1.15 bits per heavy atom. The summed E-state index contributed by atoms with van der Waals surface area (Å²) in [6, 6.07) is -1.40. The van der Waals surface area contributed by atoms with Crippen molar-refractivity contribution in [1.82, 2.24) is 15.1 Å². The Bertz CT molecular complexity index is 693. The van der Waals surface area contributed by atoms with E-state index >= 15 is 0 Å². The van der Waals surface area contributed by atoms with Crippen LogP contribution in [-0.2, 0) is 88.8 Å². The molecule has 1 fully saturated rings. The predicted molar refractivity (Wildman–Crippen MR) is 122 cm³/mol. The number of ether oxygens (including phenoxy) is 1. The summed E-state index contributed by atoms with van der Waals surface area (Å²) in [4.78, 5) is 48.2.